The average molecular weight is 440 g/mol. The number of amides is 1. The summed E-state index contributed by atoms with van der Waals surface area (Å²) >= 11 is 2.83. The number of aryl methyl sites for hydroxylation is 1. The van der Waals surface area contributed by atoms with Gasteiger partial charge in [0.1, 0.15) is 4.83 Å². The highest BCUT2D eigenvalue weighted by molar-refractivity contribution is 8.00. The van der Waals surface area contributed by atoms with Crippen LogP contribution in [0.1, 0.15) is 25.3 Å². The highest BCUT2D eigenvalue weighted by Crippen LogP contribution is 2.33. The molecule has 0 radical (unpaired) electrons. The molecule has 1 aromatic carbocycles. The molecule has 1 aliphatic rings. The Morgan fingerprint density at radius 1 is 1.30 bits per heavy atom. The molecule has 4 rings (SSSR count). The second kappa shape index (κ2) is 8.78. The predicted octanol–water partition coefficient (Wildman–Crippen LogP) is 4.72. The monoisotopic (exact) mass is 439 g/mol. The van der Waals surface area contributed by atoms with Crippen molar-refractivity contribution in [3.05, 3.63) is 58.2 Å². The number of fused-ring (bicyclic) bond motifs is 1. The molecule has 1 saturated heterocycles. The number of benzene rings is 1. The molecule has 5 nitrogen and oxygen atoms in total. The fourth-order valence-corrected chi connectivity index (χ4v) is 5.72. The molecule has 0 saturated carbocycles. The van der Waals surface area contributed by atoms with Gasteiger partial charge in [0.15, 0.2) is 5.16 Å². The molecule has 7 heteroatoms. The van der Waals surface area contributed by atoms with Crippen molar-refractivity contribution in [2.24, 2.45) is 0 Å². The van der Waals surface area contributed by atoms with Crippen LogP contribution in [0.15, 0.2) is 52.3 Å². The molecule has 0 bridgehead atoms. The molecule has 1 amide bonds. The van der Waals surface area contributed by atoms with E-state index >= 15 is 0 Å². The number of thiophene rings is 1. The van der Waals surface area contributed by atoms with E-state index in [1.54, 1.807) is 10.6 Å². The minimum atomic E-state index is -0.292. The Hall–Kier alpha value is -2.38. The molecule has 3 aromatic rings. The molecular weight excluding hydrogens is 414 g/mol. The first kappa shape index (κ1) is 20.9. The summed E-state index contributed by atoms with van der Waals surface area (Å²) in [5.41, 5.74) is 3.01. The molecule has 2 aromatic heterocycles. The Kier molecular flexibility index (Phi) is 6.11. The minimum absolute atomic E-state index is 0.0833. The van der Waals surface area contributed by atoms with E-state index in [2.05, 4.69) is 6.58 Å². The molecule has 0 aliphatic carbocycles. The van der Waals surface area contributed by atoms with Crippen LogP contribution in [-0.2, 0) is 11.3 Å². The maximum atomic E-state index is 13.4. The van der Waals surface area contributed by atoms with Crippen molar-refractivity contribution in [2.75, 3.05) is 13.1 Å². The Bertz CT molecular complexity index is 1140. The van der Waals surface area contributed by atoms with Gasteiger partial charge in [0.25, 0.3) is 5.56 Å². The van der Waals surface area contributed by atoms with E-state index in [1.165, 1.54) is 28.7 Å². The lowest BCUT2D eigenvalue weighted by atomic mass is 10.1. The van der Waals surface area contributed by atoms with Crippen LogP contribution in [0.25, 0.3) is 21.3 Å². The van der Waals surface area contributed by atoms with Crippen LogP contribution in [0.2, 0.25) is 0 Å². The van der Waals surface area contributed by atoms with Crippen molar-refractivity contribution in [1.82, 2.24) is 14.5 Å². The number of nitrogens with zero attached hydrogens (tertiary/aromatic N) is 3. The van der Waals surface area contributed by atoms with Crippen molar-refractivity contribution >= 4 is 39.2 Å². The summed E-state index contributed by atoms with van der Waals surface area (Å²) in [6.45, 7) is 9.74. The van der Waals surface area contributed by atoms with Crippen LogP contribution in [0.4, 0.5) is 0 Å². The molecule has 1 unspecified atom stereocenters. The van der Waals surface area contributed by atoms with Crippen molar-refractivity contribution in [3.8, 4) is 11.1 Å². The largest absolute Gasteiger partial charge is 0.342 e. The van der Waals surface area contributed by atoms with Crippen LogP contribution in [0, 0.1) is 6.92 Å². The first-order chi connectivity index (χ1) is 14.5. The number of carbonyl (C=O) groups excluding carboxylic acids is 1. The SMILES string of the molecule is C=CCn1c(SC(C)C(=O)N2CCCC2)nc2scc(-c3ccc(C)cc3)c2c1=O. The van der Waals surface area contributed by atoms with Crippen LogP contribution >= 0.6 is 23.1 Å². The lowest BCUT2D eigenvalue weighted by Crippen LogP contribution is -2.34. The number of hydrogen-bond donors (Lipinski definition) is 0. The van der Waals surface area contributed by atoms with Gasteiger partial charge in [-0.05, 0) is 32.3 Å². The number of thioether (sulfide) groups is 1. The third-order valence-corrected chi connectivity index (χ3v) is 7.33. The van der Waals surface area contributed by atoms with Crippen LogP contribution in [0.3, 0.4) is 0 Å². The second-order valence-corrected chi connectivity index (χ2v) is 9.75. The zero-order valence-corrected chi connectivity index (χ0v) is 18.9. The lowest BCUT2D eigenvalue weighted by Gasteiger charge is -2.20. The van der Waals surface area contributed by atoms with Gasteiger partial charge in [-0.1, -0.05) is 47.7 Å². The molecule has 1 fully saturated rings. The smallest absolute Gasteiger partial charge is 0.263 e. The fraction of sp³-hybridized carbons (Fsp3) is 0.348. The highest BCUT2D eigenvalue weighted by atomic mass is 32.2. The topological polar surface area (TPSA) is 55.2 Å². The Labute approximate surface area is 184 Å². The summed E-state index contributed by atoms with van der Waals surface area (Å²) < 4.78 is 1.64. The zero-order valence-electron chi connectivity index (χ0n) is 17.3. The number of likely N-dealkylation sites (tertiary alicyclic amines) is 1. The van der Waals surface area contributed by atoms with Crippen LogP contribution < -0.4 is 5.56 Å². The van der Waals surface area contributed by atoms with Crippen molar-refractivity contribution in [3.63, 3.8) is 0 Å². The maximum absolute atomic E-state index is 13.4. The molecule has 30 heavy (non-hydrogen) atoms. The number of rotatable bonds is 6. The van der Waals surface area contributed by atoms with E-state index in [1.807, 2.05) is 48.4 Å². The van der Waals surface area contributed by atoms with Crippen molar-refractivity contribution in [2.45, 2.75) is 43.6 Å². The first-order valence-electron chi connectivity index (χ1n) is 10.1. The van der Waals surface area contributed by atoms with Gasteiger partial charge in [0.05, 0.1) is 10.6 Å². The van der Waals surface area contributed by atoms with Crippen LogP contribution in [-0.4, -0.2) is 38.7 Å². The van der Waals surface area contributed by atoms with Crippen LogP contribution in [0.5, 0.6) is 0 Å². The number of hydrogen-bond acceptors (Lipinski definition) is 5. The van der Waals surface area contributed by atoms with Gasteiger partial charge < -0.3 is 4.90 Å². The minimum Gasteiger partial charge on any atom is -0.342 e. The van der Waals surface area contributed by atoms with E-state index in [0.29, 0.717) is 21.9 Å². The van der Waals surface area contributed by atoms with Gasteiger partial charge >= 0.3 is 0 Å². The Balaban J connectivity index is 1.74. The molecule has 1 atom stereocenters. The molecule has 156 valence electrons. The molecule has 0 spiro atoms. The van der Waals surface area contributed by atoms with Crippen molar-refractivity contribution in [1.29, 1.82) is 0 Å². The predicted molar refractivity (Wildman–Crippen MR) is 125 cm³/mol. The fourth-order valence-electron chi connectivity index (χ4n) is 3.73. The molecule has 3 heterocycles. The van der Waals surface area contributed by atoms with Gasteiger partial charge in [-0.25, -0.2) is 4.98 Å². The number of aromatic nitrogens is 2. The first-order valence-corrected chi connectivity index (χ1v) is 11.9. The second-order valence-electron chi connectivity index (χ2n) is 7.59. The van der Waals surface area contributed by atoms with E-state index in [9.17, 15) is 9.59 Å². The third kappa shape index (κ3) is 3.96. The summed E-state index contributed by atoms with van der Waals surface area (Å²) in [6, 6.07) is 8.16. The average Bonchev–Trinajstić information content (AvgIpc) is 3.41. The van der Waals surface area contributed by atoms with Gasteiger partial charge in [0, 0.05) is 30.6 Å². The van der Waals surface area contributed by atoms with E-state index in [-0.39, 0.29) is 16.7 Å². The highest BCUT2D eigenvalue weighted by Gasteiger charge is 2.26. The van der Waals surface area contributed by atoms with E-state index < -0.39 is 0 Å². The Morgan fingerprint density at radius 2 is 2.00 bits per heavy atom. The summed E-state index contributed by atoms with van der Waals surface area (Å²) in [7, 11) is 0. The van der Waals surface area contributed by atoms with Gasteiger partial charge in [0.2, 0.25) is 5.91 Å². The van der Waals surface area contributed by atoms with Gasteiger partial charge in [-0.2, -0.15) is 0 Å². The van der Waals surface area contributed by atoms with E-state index in [4.69, 9.17) is 4.98 Å². The molecule has 1 aliphatic heterocycles. The summed E-state index contributed by atoms with van der Waals surface area (Å²) in [5.74, 6) is 0.114. The maximum Gasteiger partial charge on any atom is 0.263 e. The van der Waals surface area contributed by atoms with Crippen molar-refractivity contribution < 1.29 is 4.79 Å². The summed E-state index contributed by atoms with van der Waals surface area (Å²) in [4.78, 5) is 33.6. The lowest BCUT2D eigenvalue weighted by molar-refractivity contribution is -0.129. The normalized spacial score (nSPS) is 14.9. The summed E-state index contributed by atoms with van der Waals surface area (Å²) in [5, 5.41) is 2.91. The number of allylic oxidation sites excluding steroid dienone is 1. The summed E-state index contributed by atoms with van der Waals surface area (Å²) in [6.07, 6.45) is 3.82. The van der Waals surface area contributed by atoms with Gasteiger partial charge in [-0.3, -0.25) is 14.2 Å². The zero-order chi connectivity index (χ0) is 21.3. The Morgan fingerprint density at radius 3 is 2.67 bits per heavy atom. The molecular formula is C23H25N3O2S2. The quantitative estimate of drug-likeness (QED) is 0.317. The standard InChI is InChI=1S/C23H25N3O2S2/c1-4-11-26-22(28)19-18(17-9-7-15(2)8-10-17)14-29-20(19)24-23(26)30-16(3)21(27)25-12-5-6-13-25/h4,7-10,14,16H,1,5-6,11-13H2,2-3H3. The van der Waals surface area contributed by atoms with Gasteiger partial charge in [-0.15, -0.1) is 17.9 Å². The molecule has 0 N–H and O–H groups in total. The van der Waals surface area contributed by atoms with E-state index in [0.717, 1.165) is 37.1 Å². The number of carbonyl (C=O) groups is 1. The third-order valence-electron chi connectivity index (χ3n) is 5.38.